The smallest absolute Gasteiger partial charge is 0.266 e. The molecule has 1 heterocycles. The number of nitrogens with zero attached hydrogens (tertiary/aromatic N) is 2. The van der Waals surface area contributed by atoms with Crippen LogP contribution in [0.4, 0.5) is 11.4 Å². The first-order valence-electron chi connectivity index (χ1n) is 10.9. The molecule has 4 rings (SSSR count). The zero-order valence-corrected chi connectivity index (χ0v) is 19.7. The molecule has 0 radical (unpaired) electrons. The molecule has 7 nitrogen and oxygen atoms in total. The Hall–Kier alpha value is -3.91. The van der Waals surface area contributed by atoms with Crippen LogP contribution >= 0.6 is 11.8 Å². The number of thioether (sulfide) groups is 1. The molecule has 172 valence electrons. The lowest BCUT2D eigenvalue weighted by molar-refractivity contribution is -0.114. The summed E-state index contributed by atoms with van der Waals surface area (Å²) in [6, 6.07) is 21.8. The van der Waals surface area contributed by atoms with Gasteiger partial charge in [0.15, 0.2) is 5.16 Å². The second-order valence-corrected chi connectivity index (χ2v) is 8.61. The minimum Gasteiger partial charge on any atom is -0.326 e. The summed E-state index contributed by atoms with van der Waals surface area (Å²) in [6.45, 7) is 3.51. The summed E-state index contributed by atoms with van der Waals surface area (Å²) < 4.78 is 1.56. The number of rotatable bonds is 7. The minimum atomic E-state index is -0.229. The maximum atomic E-state index is 13.3. The molecule has 2 amide bonds. The number of amides is 2. The molecule has 0 fully saturated rings. The molecule has 0 aliphatic rings. The first-order valence-corrected chi connectivity index (χ1v) is 11.8. The van der Waals surface area contributed by atoms with E-state index in [1.165, 1.54) is 24.2 Å². The van der Waals surface area contributed by atoms with Crippen LogP contribution in [0.25, 0.3) is 16.6 Å². The molecular formula is C26H24N4O3S. The molecule has 0 atom stereocenters. The molecule has 0 saturated heterocycles. The molecule has 0 spiro atoms. The first-order chi connectivity index (χ1) is 16.4. The summed E-state index contributed by atoms with van der Waals surface area (Å²) in [6.07, 6.45) is 0.902. The third kappa shape index (κ3) is 5.35. The molecule has 0 saturated carbocycles. The SMILES string of the molecule is CCc1ccc(-n2c(SCC(=O)Nc3ccc(NC(C)=O)cc3)nc3ccccc3c2=O)cc1. The predicted octanol–water partition coefficient (Wildman–Crippen LogP) is 4.64. The Morgan fingerprint density at radius 3 is 2.21 bits per heavy atom. The van der Waals surface area contributed by atoms with Gasteiger partial charge in [0.1, 0.15) is 0 Å². The van der Waals surface area contributed by atoms with E-state index in [2.05, 4.69) is 22.5 Å². The van der Waals surface area contributed by atoms with Crippen molar-refractivity contribution < 1.29 is 9.59 Å². The van der Waals surface area contributed by atoms with Crippen molar-refractivity contribution in [2.75, 3.05) is 16.4 Å². The largest absolute Gasteiger partial charge is 0.326 e. The van der Waals surface area contributed by atoms with E-state index in [4.69, 9.17) is 0 Å². The number of nitrogens with one attached hydrogen (secondary N) is 2. The molecule has 2 N–H and O–H groups in total. The van der Waals surface area contributed by atoms with Crippen LogP contribution in [0, 0.1) is 0 Å². The van der Waals surface area contributed by atoms with Gasteiger partial charge in [-0.25, -0.2) is 4.98 Å². The molecule has 4 aromatic rings. The van der Waals surface area contributed by atoms with Crippen LogP contribution in [-0.4, -0.2) is 27.1 Å². The first kappa shape index (κ1) is 23.3. The van der Waals surface area contributed by atoms with Crippen LogP contribution in [0.2, 0.25) is 0 Å². The molecular weight excluding hydrogens is 448 g/mol. The fourth-order valence-corrected chi connectivity index (χ4v) is 4.30. The second-order valence-electron chi connectivity index (χ2n) is 7.67. The van der Waals surface area contributed by atoms with Crippen molar-refractivity contribution in [3.63, 3.8) is 0 Å². The highest BCUT2D eigenvalue weighted by molar-refractivity contribution is 7.99. The Kier molecular flexibility index (Phi) is 7.08. The van der Waals surface area contributed by atoms with Crippen molar-refractivity contribution in [2.24, 2.45) is 0 Å². The van der Waals surface area contributed by atoms with Gasteiger partial charge in [-0.1, -0.05) is 43.0 Å². The van der Waals surface area contributed by atoms with E-state index in [1.54, 1.807) is 41.0 Å². The number of fused-ring (bicyclic) bond motifs is 1. The van der Waals surface area contributed by atoms with Gasteiger partial charge in [0.05, 0.1) is 22.3 Å². The fourth-order valence-electron chi connectivity index (χ4n) is 3.48. The van der Waals surface area contributed by atoms with E-state index in [-0.39, 0.29) is 23.1 Å². The Morgan fingerprint density at radius 1 is 0.912 bits per heavy atom. The van der Waals surface area contributed by atoms with E-state index in [9.17, 15) is 14.4 Å². The molecule has 0 unspecified atom stereocenters. The predicted molar refractivity (Wildman–Crippen MR) is 137 cm³/mol. The molecule has 0 aliphatic carbocycles. The fraction of sp³-hybridized carbons (Fsp3) is 0.154. The summed E-state index contributed by atoms with van der Waals surface area (Å²) in [5.74, 6) is -0.315. The number of para-hydroxylation sites is 1. The highest BCUT2D eigenvalue weighted by Crippen LogP contribution is 2.22. The average molecular weight is 473 g/mol. The Bertz CT molecular complexity index is 1400. The van der Waals surface area contributed by atoms with E-state index < -0.39 is 0 Å². The van der Waals surface area contributed by atoms with E-state index in [1.807, 2.05) is 36.4 Å². The van der Waals surface area contributed by atoms with Crippen LogP contribution in [0.5, 0.6) is 0 Å². The summed E-state index contributed by atoms with van der Waals surface area (Å²) in [4.78, 5) is 41.8. The third-order valence-electron chi connectivity index (χ3n) is 5.17. The summed E-state index contributed by atoms with van der Waals surface area (Å²) >= 11 is 1.20. The lowest BCUT2D eigenvalue weighted by atomic mass is 10.1. The number of anilines is 2. The molecule has 3 aromatic carbocycles. The number of benzene rings is 3. The van der Waals surface area contributed by atoms with Crippen molar-refractivity contribution >= 4 is 45.9 Å². The van der Waals surface area contributed by atoms with Gasteiger partial charge in [-0.05, 0) is 60.5 Å². The zero-order chi connectivity index (χ0) is 24.1. The number of hydrogen-bond acceptors (Lipinski definition) is 5. The molecule has 8 heteroatoms. The Balaban J connectivity index is 1.57. The van der Waals surface area contributed by atoms with E-state index >= 15 is 0 Å². The topological polar surface area (TPSA) is 93.1 Å². The van der Waals surface area contributed by atoms with Crippen molar-refractivity contribution in [1.82, 2.24) is 9.55 Å². The normalized spacial score (nSPS) is 10.8. The lowest BCUT2D eigenvalue weighted by Gasteiger charge is -2.14. The van der Waals surface area contributed by atoms with Crippen molar-refractivity contribution in [3.8, 4) is 5.69 Å². The van der Waals surface area contributed by atoms with Gasteiger partial charge < -0.3 is 10.6 Å². The molecule has 34 heavy (non-hydrogen) atoms. The Labute approximate surface area is 201 Å². The number of carbonyl (C=O) groups is 2. The number of aryl methyl sites for hydroxylation is 1. The van der Waals surface area contributed by atoms with Crippen LogP contribution in [-0.2, 0) is 16.0 Å². The summed E-state index contributed by atoms with van der Waals surface area (Å²) in [5, 5.41) is 6.49. The molecule has 0 aliphatic heterocycles. The lowest BCUT2D eigenvalue weighted by Crippen LogP contribution is -2.23. The summed E-state index contributed by atoms with van der Waals surface area (Å²) in [5.41, 5.74) is 3.55. The number of carbonyl (C=O) groups excluding carboxylic acids is 2. The van der Waals surface area contributed by atoms with E-state index in [0.29, 0.717) is 33.1 Å². The van der Waals surface area contributed by atoms with Crippen molar-refractivity contribution in [3.05, 3.63) is 88.7 Å². The highest BCUT2D eigenvalue weighted by atomic mass is 32.2. The summed E-state index contributed by atoms with van der Waals surface area (Å²) in [7, 11) is 0. The van der Waals surface area contributed by atoms with Gasteiger partial charge in [-0.3, -0.25) is 19.0 Å². The van der Waals surface area contributed by atoms with Gasteiger partial charge in [0, 0.05) is 18.3 Å². The van der Waals surface area contributed by atoms with E-state index in [0.717, 1.165) is 6.42 Å². The van der Waals surface area contributed by atoms with Gasteiger partial charge in [0.25, 0.3) is 5.56 Å². The van der Waals surface area contributed by atoms with Crippen LogP contribution < -0.4 is 16.2 Å². The second kappa shape index (κ2) is 10.4. The maximum Gasteiger partial charge on any atom is 0.266 e. The number of aromatic nitrogens is 2. The van der Waals surface area contributed by atoms with Gasteiger partial charge in [0.2, 0.25) is 11.8 Å². The quantitative estimate of drug-likeness (QED) is 0.302. The Morgan fingerprint density at radius 2 is 1.56 bits per heavy atom. The van der Waals surface area contributed by atoms with Crippen LogP contribution in [0.1, 0.15) is 19.4 Å². The van der Waals surface area contributed by atoms with Gasteiger partial charge in [-0.2, -0.15) is 0 Å². The van der Waals surface area contributed by atoms with Crippen LogP contribution in [0.3, 0.4) is 0 Å². The maximum absolute atomic E-state index is 13.3. The zero-order valence-electron chi connectivity index (χ0n) is 18.9. The standard InChI is InChI=1S/C26H24N4O3S/c1-3-18-8-14-21(15-9-18)30-25(33)22-6-4-5-7-23(22)29-26(30)34-16-24(32)28-20-12-10-19(11-13-20)27-17(2)31/h4-15H,3,16H2,1-2H3,(H,27,31)(H,28,32). The van der Waals surface area contributed by atoms with Crippen molar-refractivity contribution in [1.29, 1.82) is 0 Å². The van der Waals surface area contributed by atoms with Gasteiger partial charge in [-0.15, -0.1) is 0 Å². The highest BCUT2D eigenvalue weighted by Gasteiger charge is 2.15. The average Bonchev–Trinajstić information content (AvgIpc) is 2.84. The monoisotopic (exact) mass is 472 g/mol. The minimum absolute atomic E-state index is 0.0747. The number of hydrogen-bond donors (Lipinski definition) is 2. The van der Waals surface area contributed by atoms with Crippen molar-refractivity contribution in [2.45, 2.75) is 25.4 Å². The molecule has 0 bridgehead atoms. The van der Waals surface area contributed by atoms with Gasteiger partial charge >= 0.3 is 0 Å². The van der Waals surface area contributed by atoms with Crippen LogP contribution in [0.15, 0.2) is 82.7 Å². The molecule has 1 aromatic heterocycles. The third-order valence-corrected chi connectivity index (χ3v) is 6.11.